The molecule has 0 unspecified atom stereocenters. The van der Waals surface area contributed by atoms with Gasteiger partial charge in [-0.05, 0) is 69.7 Å². The Kier molecular flexibility index (Phi) is 6.45. The van der Waals surface area contributed by atoms with E-state index in [1.807, 2.05) is 47.0 Å². The Hall–Kier alpha value is -3.62. The van der Waals surface area contributed by atoms with Crippen LogP contribution in [0.1, 0.15) is 34.7 Å². The fraction of sp³-hybridized carbons (Fsp3) is 0.200. The predicted molar refractivity (Wildman–Crippen MR) is 153 cm³/mol. The molecule has 6 nitrogen and oxygen atoms in total. The lowest BCUT2D eigenvalue weighted by Crippen LogP contribution is -2.38. The molecule has 0 N–H and O–H groups in total. The Labute approximate surface area is 232 Å². The maximum Gasteiger partial charge on any atom is 0.271 e. The van der Waals surface area contributed by atoms with Gasteiger partial charge in [0.1, 0.15) is 17.2 Å². The van der Waals surface area contributed by atoms with Gasteiger partial charge in [0, 0.05) is 17.2 Å². The van der Waals surface area contributed by atoms with Crippen LogP contribution in [0.4, 0.5) is 0 Å². The van der Waals surface area contributed by atoms with E-state index in [-0.39, 0.29) is 11.6 Å². The van der Waals surface area contributed by atoms with Gasteiger partial charge < -0.3 is 14.2 Å². The number of ether oxygens (including phenoxy) is 3. The zero-order valence-electron chi connectivity index (χ0n) is 21.2. The SMILES string of the molecule is COc1cccc([C@@H]2C3=C(N=c4s/c(=C/c5cc(Br)c(OC)cc5OC)c(=O)n42)c2ccccc2CC3)c1. The molecular formula is C30H25BrN2O4S. The predicted octanol–water partition coefficient (Wildman–Crippen LogP) is 5.11. The number of hydrogen-bond acceptors (Lipinski definition) is 6. The van der Waals surface area contributed by atoms with Crippen LogP contribution < -0.4 is 29.1 Å². The summed E-state index contributed by atoms with van der Waals surface area (Å²) in [4.78, 5) is 19.8. The number of aromatic nitrogens is 1. The number of thiazole rings is 1. The van der Waals surface area contributed by atoms with Crippen LogP contribution in [0.15, 0.2) is 80.5 Å². The molecule has 0 fully saturated rings. The van der Waals surface area contributed by atoms with Crippen molar-refractivity contribution in [3.63, 3.8) is 0 Å². The maximum atomic E-state index is 14.0. The molecule has 192 valence electrons. The molecule has 0 radical (unpaired) electrons. The van der Waals surface area contributed by atoms with Crippen LogP contribution in [0, 0.1) is 0 Å². The second kappa shape index (κ2) is 9.93. The molecule has 8 heteroatoms. The summed E-state index contributed by atoms with van der Waals surface area (Å²) in [6, 6.07) is 19.8. The number of nitrogens with zero attached hydrogens (tertiary/aromatic N) is 2. The summed E-state index contributed by atoms with van der Waals surface area (Å²) in [5, 5.41) is 0. The molecule has 3 aromatic carbocycles. The third kappa shape index (κ3) is 4.08. The number of allylic oxidation sites excluding steroid dienone is 1. The maximum absolute atomic E-state index is 14.0. The first-order valence-corrected chi connectivity index (χ1v) is 13.8. The zero-order chi connectivity index (χ0) is 26.4. The Morgan fingerprint density at radius 1 is 0.974 bits per heavy atom. The third-order valence-corrected chi connectivity index (χ3v) is 8.68. The van der Waals surface area contributed by atoms with Crippen molar-refractivity contribution >= 4 is 39.0 Å². The average molecular weight is 590 g/mol. The van der Waals surface area contributed by atoms with Crippen molar-refractivity contribution in [2.24, 2.45) is 4.99 Å². The van der Waals surface area contributed by atoms with Crippen molar-refractivity contribution in [2.75, 3.05) is 21.3 Å². The molecule has 0 saturated heterocycles. The summed E-state index contributed by atoms with van der Waals surface area (Å²) in [6.07, 6.45) is 3.61. The first-order chi connectivity index (χ1) is 18.5. The summed E-state index contributed by atoms with van der Waals surface area (Å²) in [5.74, 6) is 2.03. The lowest BCUT2D eigenvalue weighted by molar-refractivity contribution is 0.392. The standard InChI is InChI=1S/C30H25BrN2O4S/c1-35-20-9-6-8-18(13-20)28-22-12-11-17-7-4-5-10-21(17)27(22)32-30-33(28)29(34)26(38-30)15-19-14-23(31)25(37-3)16-24(19)36-2/h4-10,13-16,28H,11-12H2,1-3H3/b26-15+/t28-/m1/s1. The minimum absolute atomic E-state index is 0.0824. The highest BCUT2D eigenvalue weighted by Crippen LogP contribution is 2.41. The lowest BCUT2D eigenvalue weighted by Gasteiger charge is -2.31. The van der Waals surface area contributed by atoms with E-state index in [0.29, 0.717) is 20.8 Å². The molecule has 2 aliphatic rings. The summed E-state index contributed by atoms with van der Waals surface area (Å²) >= 11 is 4.94. The van der Waals surface area contributed by atoms with Gasteiger partial charge in [-0.15, -0.1) is 0 Å². The molecule has 0 saturated carbocycles. The van der Waals surface area contributed by atoms with E-state index in [4.69, 9.17) is 19.2 Å². The summed E-state index contributed by atoms with van der Waals surface area (Å²) in [7, 11) is 4.87. The second-order valence-corrected chi connectivity index (χ2v) is 11.0. The molecule has 38 heavy (non-hydrogen) atoms. The first kappa shape index (κ1) is 24.7. The van der Waals surface area contributed by atoms with E-state index >= 15 is 0 Å². The number of fused-ring (bicyclic) bond motifs is 3. The Morgan fingerprint density at radius 2 is 1.79 bits per heavy atom. The lowest BCUT2D eigenvalue weighted by atomic mass is 9.83. The minimum atomic E-state index is -0.267. The molecular weight excluding hydrogens is 564 g/mol. The van der Waals surface area contributed by atoms with Crippen molar-refractivity contribution in [1.29, 1.82) is 0 Å². The van der Waals surface area contributed by atoms with Crippen LogP contribution in [0.3, 0.4) is 0 Å². The van der Waals surface area contributed by atoms with Gasteiger partial charge in [-0.3, -0.25) is 9.36 Å². The topological polar surface area (TPSA) is 62.0 Å². The number of hydrogen-bond donors (Lipinski definition) is 0. The van der Waals surface area contributed by atoms with Gasteiger partial charge in [0.05, 0.1) is 42.1 Å². The monoisotopic (exact) mass is 588 g/mol. The Bertz CT molecular complexity index is 1790. The molecule has 0 spiro atoms. The smallest absolute Gasteiger partial charge is 0.271 e. The molecule has 2 heterocycles. The molecule has 1 atom stereocenters. The zero-order valence-corrected chi connectivity index (χ0v) is 23.6. The summed E-state index contributed by atoms with van der Waals surface area (Å²) in [6.45, 7) is 0. The van der Waals surface area contributed by atoms with Crippen molar-refractivity contribution in [3.8, 4) is 17.2 Å². The first-order valence-electron chi connectivity index (χ1n) is 12.2. The van der Waals surface area contributed by atoms with Crippen LogP contribution in [-0.4, -0.2) is 25.9 Å². The van der Waals surface area contributed by atoms with Gasteiger partial charge in [-0.2, -0.15) is 0 Å². The molecule has 4 aromatic rings. The van der Waals surface area contributed by atoms with E-state index in [1.54, 1.807) is 21.3 Å². The Balaban J connectivity index is 1.61. The van der Waals surface area contributed by atoms with E-state index in [9.17, 15) is 4.79 Å². The van der Waals surface area contributed by atoms with E-state index in [1.165, 1.54) is 16.9 Å². The van der Waals surface area contributed by atoms with E-state index in [0.717, 1.165) is 51.0 Å². The number of methoxy groups -OCH3 is 3. The molecule has 1 aliphatic heterocycles. The van der Waals surface area contributed by atoms with Gasteiger partial charge in [0.25, 0.3) is 5.56 Å². The quantitative estimate of drug-likeness (QED) is 0.325. The highest BCUT2D eigenvalue weighted by molar-refractivity contribution is 9.10. The van der Waals surface area contributed by atoms with Crippen molar-refractivity contribution < 1.29 is 14.2 Å². The largest absolute Gasteiger partial charge is 0.497 e. The fourth-order valence-electron chi connectivity index (χ4n) is 5.27. The number of benzene rings is 3. The van der Waals surface area contributed by atoms with Crippen LogP contribution in [0.5, 0.6) is 17.2 Å². The van der Waals surface area contributed by atoms with Crippen LogP contribution in [0.2, 0.25) is 0 Å². The molecule has 6 rings (SSSR count). The van der Waals surface area contributed by atoms with Crippen LogP contribution in [0.25, 0.3) is 11.8 Å². The van der Waals surface area contributed by atoms with Gasteiger partial charge in [-0.1, -0.05) is 47.7 Å². The summed E-state index contributed by atoms with van der Waals surface area (Å²) < 4.78 is 19.8. The fourth-order valence-corrected chi connectivity index (χ4v) is 6.79. The van der Waals surface area contributed by atoms with E-state index < -0.39 is 0 Å². The third-order valence-electron chi connectivity index (χ3n) is 7.07. The number of aryl methyl sites for hydroxylation is 1. The van der Waals surface area contributed by atoms with Crippen molar-refractivity contribution in [2.45, 2.75) is 18.9 Å². The molecule has 1 aliphatic carbocycles. The van der Waals surface area contributed by atoms with Gasteiger partial charge in [-0.25, -0.2) is 4.99 Å². The highest BCUT2D eigenvalue weighted by Gasteiger charge is 2.32. The summed E-state index contributed by atoms with van der Waals surface area (Å²) in [5.41, 5.74) is 6.24. The number of halogens is 1. The van der Waals surface area contributed by atoms with Gasteiger partial charge >= 0.3 is 0 Å². The highest BCUT2D eigenvalue weighted by atomic mass is 79.9. The van der Waals surface area contributed by atoms with Crippen LogP contribution in [-0.2, 0) is 6.42 Å². The van der Waals surface area contributed by atoms with Gasteiger partial charge in [0.15, 0.2) is 4.80 Å². The molecule has 1 aromatic heterocycles. The van der Waals surface area contributed by atoms with E-state index in [2.05, 4.69) is 40.2 Å². The second-order valence-electron chi connectivity index (χ2n) is 9.12. The number of rotatable bonds is 5. The molecule has 0 amide bonds. The van der Waals surface area contributed by atoms with Crippen LogP contribution >= 0.6 is 27.3 Å². The average Bonchev–Trinajstić information content (AvgIpc) is 3.26. The molecule has 0 bridgehead atoms. The Morgan fingerprint density at radius 3 is 2.58 bits per heavy atom. The van der Waals surface area contributed by atoms with Crippen molar-refractivity contribution in [1.82, 2.24) is 4.57 Å². The minimum Gasteiger partial charge on any atom is -0.497 e. The normalized spacial score (nSPS) is 16.3. The van der Waals surface area contributed by atoms with Gasteiger partial charge in [0.2, 0.25) is 0 Å². The van der Waals surface area contributed by atoms with Crippen molar-refractivity contribution in [3.05, 3.63) is 113 Å².